The zero-order valence-electron chi connectivity index (χ0n) is 18.4. The third-order valence-corrected chi connectivity index (χ3v) is 3.24. The van der Waals surface area contributed by atoms with Gasteiger partial charge in [0.25, 0.3) is 0 Å². The maximum atomic E-state index is 5.80. The molecule has 0 bridgehead atoms. The zero-order valence-corrected chi connectivity index (χ0v) is 18.4. The summed E-state index contributed by atoms with van der Waals surface area (Å²) in [5, 5.41) is 0. The van der Waals surface area contributed by atoms with Gasteiger partial charge in [-0.2, -0.15) is 0 Å². The van der Waals surface area contributed by atoms with Crippen molar-refractivity contribution in [3.63, 3.8) is 0 Å². The summed E-state index contributed by atoms with van der Waals surface area (Å²) in [6.07, 6.45) is 0. The highest BCUT2D eigenvalue weighted by Gasteiger charge is 1.97. The van der Waals surface area contributed by atoms with E-state index in [-0.39, 0.29) is 0 Å². The molecule has 0 spiro atoms. The summed E-state index contributed by atoms with van der Waals surface area (Å²) in [4.78, 5) is 0. The van der Waals surface area contributed by atoms with Gasteiger partial charge in [0, 0.05) is 11.1 Å². The molecule has 0 radical (unpaired) electrons. The Hall–Kier alpha value is -2.98. The van der Waals surface area contributed by atoms with Gasteiger partial charge in [-0.3, -0.25) is 0 Å². The summed E-state index contributed by atoms with van der Waals surface area (Å²) < 4.78 is 5.80. The van der Waals surface area contributed by atoms with Crippen LogP contribution in [0.2, 0.25) is 0 Å². The molecule has 3 rings (SSSR count). The molecular formula is C27H34O. The summed E-state index contributed by atoms with van der Waals surface area (Å²) in [7, 11) is 0. The quantitative estimate of drug-likeness (QED) is 0.410. The Morgan fingerprint density at radius 1 is 0.500 bits per heavy atom. The second kappa shape index (κ2) is 16.2. The van der Waals surface area contributed by atoms with E-state index < -0.39 is 0 Å². The minimum Gasteiger partial charge on any atom is -0.457 e. The van der Waals surface area contributed by atoms with Crippen LogP contribution in [0.25, 0.3) is 0 Å². The first-order chi connectivity index (χ1) is 13.8. The van der Waals surface area contributed by atoms with Crippen LogP contribution >= 0.6 is 0 Å². The van der Waals surface area contributed by atoms with E-state index >= 15 is 0 Å². The Morgan fingerprint density at radius 2 is 0.893 bits per heavy atom. The highest BCUT2D eigenvalue weighted by molar-refractivity contribution is 5.44. The van der Waals surface area contributed by atoms with E-state index in [9.17, 15) is 0 Å². The van der Waals surface area contributed by atoms with Gasteiger partial charge < -0.3 is 4.74 Å². The molecule has 0 N–H and O–H groups in total. The van der Waals surface area contributed by atoms with Crippen LogP contribution in [0.1, 0.15) is 58.2 Å². The number of aryl methyl sites for hydroxylation is 1. The van der Waals surface area contributed by atoms with Crippen LogP contribution in [-0.2, 0) is 0 Å². The van der Waals surface area contributed by atoms with Crippen molar-refractivity contribution in [2.45, 2.75) is 48.5 Å². The maximum Gasteiger partial charge on any atom is 0.127 e. The van der Waals surface area contributed by atoms with Crippen LogP contribution < -0.4 is 4.74 Å². The molecule has 3 aromatic carbocycles. The number of benzene rings is 3. The van der Waals surface area contributed by atoms with Gasteiger partial charge in [-0.15, -0.1) is 0 Å². The van der Waals surface area contributed by atoms with Crippen molar-refractivity contribution in [1.29, 1.82) is 0 Å². The minimum absolute atomic E-state index is 0.814. The predicted octanol–water partition coefficient (Wildman–Crippen LogP) is 8.27. The Morgan fingerprint density at radius 3 is 1.36 bits per heavy atom. The van der Waals surface area contributed by atoms with Gasteiger partial charge in [0.15, 0.2) is 0 Å². The number of hydrogen-bond acceptors (Lipinski definition) is 1. The fourth-order valence-electron chi connectivity index (χ4n) is 2.01. The largest absolute Gasteiger partial charge is 0.457 e. The fraction of sp³-hybridized carbons (Fsp3) is 0.259. The second-order valence-corrected chi connectivity index (χ2v) is 5.06. The van der Waals surface area contributed by atoms with Gasteiger partial charge in [-0.05, 0) is 55.5 Å². The number of rotatable bonds is 2. The van der Waals surface area contributed by atoms with Crippen molar-refractivity contribution in [1.82, 2.24) is 0 Å². The summed E-state index contributed by atoms with van der Waals surface area (Å²) in [6.45, 7) is 14.1. The van der Waals surface area contributed by atoms with Crippen LogP contribution in [0.4, 0.5) is 0 Å². The molecule has 1 nitrogen and oxygen atoms in total. The van der Waals surface area contributed by atoms with E-state index in [2.05, 4.69) is 18.8 Å². The molecule has 0 aromatic heterocycles. The smallest absolute Gasteiger partial charge is 0.127 e. The molecule has 0 aliphatic carbocycles. The SMILES string of the molecule is CC.CC.CC.Cc1ccc(Oc2ccc(C#Cc3ccccc3)cc2)cc1. The normalized spacial score (nSPS) is 8.25. The lowest BCUT2D eigenvalue weighted by molar-refractivity contribution is 0.482. The van der Waals surface area contributed by atoms with Gasteiger partial charge in [0.1, 0.15) is 11.5 Å². The van der Waals surface area contributed by atoms with Crippen molar-refractivity contribution in [3.8, 4) is 23.3 Å². The average Bonchev–Trinajstić information content (AvgIpc) is 2.80. The summed E-state index contributed by atoms with van der Waals surface area (Å²) >= 11 is 0. The molecule has 0 heterocycles. The molecule has 0 fully saturated rings. The predicted molar refractivity (Wildman–Crippen MR) is 124 cm³/mol. The van der Waals surface area contributed by atoms with Crippen molar-refractivity contribution in [2.24, 2.45) is 0 Å². The lowest BCUT2D eigenvalue weighted by Gasteiger charge is -2.05. The van der Waals surface area contributed by atoms with Gasteiger partial charge in [0.2, 0.25) is 0 Å². The molecule has 0 saturated carbocycles. The fourth-order valence-corrected chi connectivity index (χ4v) is 2.01. The topological polar surface area (TPSA) is 9.23 Å². The average molecular weight is 375 g/mol. The van der Waals surface area contributed by atoms with Crippen LogP contribution in [0, 0.1) is 18.8 Å². The van der Waals surface area contributed by atoms with Crippen molar-refractivity contribution >= 4 is 0 Å². The Balaban J connectivity index is 0.00000111. The van der Waals surface area contributed by atoms with Crippen molar-refractivity contribution in [2.75, 3.05) is 0 Å². The molecule has 0 saturated heterocycles. The molecule has 0 unspecified atom stereocenters. The Labute approximate surface area is 172 Å². The third kappa shape index (κ3) is 9.64. The molecule has 0 aliphatic heterocycles. The van der Waals surface area contributed by atoms with Gasteiger partial charge in [0.05, 0.1) is 0 Å². The Kier molecular flexibility index (Phi) is 14.5. The molecule has 148 valence electrons. The molecule has 1 heteroatoms. The van der Waals surface area contributed by atoms with Crippen LogP contribution in [0.3, 0.4) is 0 Å². The Bertz CT molecular complexity index is 789. The van der Waals surface area contributed by atoms with Crippen molar-refractivity contribution < 1.29 is 4.74 Å². The monoisotopic (exact) mass is 374 g/mol. The first-order valence-electron chi connectivity index (χ1n) is 10.2. The van der Waals surface area contributed by atoms with Crippen LogP contribution in [-0.4, -0.2) is 0 Å². The van der Waals surface area contributed by atoms with Crippen LogP contribution in [0.15, 0.2) is 78.9 Å². The number of ether oxygens (including phenoxy) is 1. The standard InChI is InChI=1S/C21H16O.3C2H6/c1-17-7-13-20(14-8-17)22-21-15-11-19(12-16-21)10-9-18-5-3-2-4-6-18;3*1-2/h2-8,11-16H,1H3;3*1-2H3. The summed E-state index contributed by atoms with van der Waals surface area (Å²) in [5.74, 6) is 7.95. The first kappa shape index (κ1) is 25.0. The molecule has 0 aliphatic rings. The van der Waals surface area contributed by atoms with Crippen molar-refractivity contribution in [3.05, 3.63) is 95.6 Å². The van der Waals surface area contributed by atoms with E-state index in [1.165, 1.54) is 5.56 Å². The highest BCUT2D eigenvalue weighted by Crippen LogP contribution is 2.21. The summed E-state index contributed by atoms with van der Waals surface area (Å²) in [6, 6.07) is 25.8. The molecule has 28 heavy (non-hydrogen) atoms. The van der Waals surface area contributed by atoms with E-state index in [0.29, 0.717) is 0 Å². The number of hydrogen-bond donors (Lipinski definition) is 0. The van der Waals surface area contributed by atoms with E-state index in [0.717, 1.165) is 22.6 Å². The lowest BCUT2D eigenvalue weighted by Crippen LogP contribution is -1.84. The van der Waals surface area contributed by atoms with Crippen LogP contribution in [0.5, 0.6) is 11.5 Å². The second-order valence-electron chi connectivity index (χ2n) is 5.06. The van der Waals surface area contributed by atoms with Gasteiger partial charge in [-0.1, -0.05) is 89.3 Å². The lowest BCUT2D eigenvalue weighted by atomic mass is 10.2. The maximum absolute atomic E-state index is 5.80. The minimum atomic E-state index is 0.814. The molecule has 3 aromatic rings. The van der Waals surface area contributed by atoms with E-state index in [1.807, 2.05) is 120 Å². The molecule has 0 atom stereocenters. The highest BCUT2D eigenvalue weighted by atomic mass is 16.5. The zero-order chi connectivity index (χ0) is 21.2. The van der Waals surface area contributed by atoms with E-state index in [4.69, 9.17) is 4.74 Å². The summed E-state index contributed by atoms with van der Waals surface area (Å²) in [5.41, 5.74) is 3.21. The third-order valence-electron chi connectivity index (χ3n) is 3.24. The van der Waals surface area contributed by atoms with Gasteiger partial charge in [-0.25, -0.2) is 0 Å². The van der Waals surface area contributed by atoms with E-state index in [1.54, 1.807) is 0 Å². The molecule has 0 amide bonds. The first-order valence-corrected chi connectivity index (χ1v) is 10.2. The van der Waals surface area contributed by atoms with Gasteiger partial charge >= 0.3 is 0 Å². The molecular weight excluding hydrogens is 340 g/mol.